The van der Waals surface area contributed by atoms with E-state index in [0.717, 1.165) is 34.7 Å². The number of anilines is 1. The zero-order chi connectivity index (χ0) is 23.9. The van der Waals surface area contributed by atoms with E-state index in [9.17, 15) is 9.18 Å². The normalized spacial score (nSPS) is 16.7. The maximum atomic E-state index is 14.4. The Balaban J connectivity index is 1.49. The van der Waals surface area contributed by atoms with Crippen molar-refractivity contribution in [2.75, 3.05) is 11.6 Å². The van der Waals surface area contributed by atoms with Crippen molar-refractivity contribution in [1.29, 1.82) is 0 Å². The Labute approximate surface area is 212 Å². The number of hydrogen-bond donors (Lipinski definition) is 1. The molecular weight excluding hydrogens is 477 g/mol. The maximum absolute atomic E-state index is 14.4. The van der Waals surface area contributed by atoms with E-state index in [4.69, 9.17) is 0 Å². The van der Waals surface area contributed by atoms with Crippen molar-refractivity contribution in [1.82, 2.24) is 9.47 Å². The summed E-state index contributed by atoms with van der Waals surface area (Å²) in [6, 6.07) is 18.0. The zero-order valence-electron chi connectivity index (χ0n) is 19.5. The minimum Gasteiger partial charge on any atom is -0.310 e. The number of thiophene rings is 1. The van der Waals surface area contributed by atoms with Gasteiger partial charge in [-0.25, -0.2) is 9.18 Å². The lowest BCUT2D eigenvalue weighted by molar-refractivity contribution is 0.194. The van der Waals surface area contributed by atoms with Crippen molar-refractivity contribution < 1.29 is 9.18 Å². The average molecular weight is 504 g/mol. The van der Waals surface area contributed by atoms with Gasteiger partial charge in [-0.15, -0.1) is 23.1 Å². The van der Waals surface area contributed by atoms with Crippen LogP contribution in [0.2, 0.25) is 0 Å². The van der Waals surface area contributed by atoms with E-state index in [1.807, 2.05) is 58.9 Å². The molecule has 3 heterocycles. The van der Waals surface area contributed by atoms with E-state index in [-0.39, 0.29) is 11.8 Å². The Hall–Kier alpha value is -3.03. The highest BCUT2D eigenvalue weighted by molar-refractivity contribution is 7.98. The largest absolute Gasteiger partial charge is 0.322 e. The Kier molecular flexibility index (Phi) is 5.90. The van der Waals surface area contributed by atoms with E-state index in [1.54, 1.807) is 23.9 Å². The third-order valence-corrected chi connectivity index (χ3v) is 8.98. The molecule has 1 atom stereocenters. The van der Waals surface area contributed by atoms with Gasteiger partial charge in [0.15, 0.2) is 0 Å². The van der Waals surface area contributed by atoms with Crippen LogP contribution in [-0.2, 0) is 19.4 Å². The molecule has 1 N–H and O–H groups in total. The smallest absolute Gasteiger partial charge is 0.310 e. The lowest BCUT2D eigenvalue weighted by Crippen LogP contribution is -2.38. The molecule has 4 aromatic rings. The van der Waals surface area contributed by atoms with Gasteiger partial charge in [0, 0.05) is 27.2 Å². The van der Waals surface area contributed by atoms with Gasteiger partial charge in [-0.3, -0.25) is 0 Å². The van der Waals surface area contributed by atoms with Crippen LogP contribution in [0.3, 0.4) is 0 Å². The molecule has 178 valence electrons. The molecule has 2 aliphatic rings. The maximum Gasteiger partial charge on any atom is 0.322 e. The molecule has 0 saturated carbocycles. The van der Waals surface area contributed by atoms with E-state index >= 15 is 0 Å². The van der Waals surface area contributed by atoms with E-state index in [0.29, 0.717) is 6.54 Å². The third-order valence-electron chi connectivity index (χ3n) is 6.93. The number of halogens is 1. The van der Waals surface area contributed by atoms with E-state index in [1.165, 1.54) is 39.9 Å². The van der Waals surface area contributed by atoms with Gasteiger partial charge in [0.25, 0.3) is 0 Å². The number of nitrogens with one attached hydrogen (secondary N) is 1. The highest BCUT2D eigenvalue weighted by Crippen LogP contribution is 2.44. The first-order valence-electron chi connectivity index (χ1n) is 11.9. The van der Waals surface area contributed by atoms with Crippen LogP contribution >= 0.6 is 23.1 Å². The van der Waals surface area contributed by atoms with Crippen LogP contribution in [0, 0.1) is 5.82 Å². The van der Waals surface area contributed by atoms with E-state index < -0.39 is 6.04 Å². The summed E-state index contributed by atoms with van der Waals surface area (Å²) in [7, 11) is 0. The van der Waals surface area contributed by atoms with Crippen LogP contribution in [0.4, 0.5) is 14.9 Å². The molecular formula is C28H26FN3OS2. The van der Waals surface area contributed by atoms with Crippen LogP contribution in [0.1, 0.15) is 46.1 Å². The summed E-state index contributed by atoms with van der Waals surface area (Å²) in [5.41, 5.74) is 5.13. The summed E-state index contributed by atoms with van der Waals surface area (Å²) in [5.74, 6) is -0.301. The first kappa shape index (κ1) is 22.4. The monoisotopic (exact) mass is 503 g/mol. The number of carbonyl (C=O) groups is 1. The van der Waals surface area contributed by atoms with Gasteiger partial charge in [-0.1, -0.05) is 18.2 Å². The number of aryl methyl sites for hydroxylation is 1. The van der Waals surface area contributed by atoms with Crippen LogP contribution in [0.5, 0.6) is 0 Å². The Morgan fingerprint density at radius 1 is 1.06 bits per heavy atom. The fourth-order valence-electron chi connectivity index (χ4n) is 5.31. The van der Waals surface area contributed by atoms with Gasteiger partial charge >= 0.3 is 6.03 Å². The Bertz CT molecular complexity index is 1410. The molecule has 4 nitrogen and oxygen atoms in total. The van der Waals surface area contributed by atoms with Crippen molar-refractivity contribution >= 4 is 34.8 Å². The van der Waals surface area contributed by atoms with Gasteiger partial charge in [0.1, 0.15) is 10.8 Å². The highest BCUT2D eigenvalue weighted by atomic mass is 32.2. The van der Waals surface area contributed by atoms with Crippen molar-refractivity contribution in [3.8, 4) is 5.00 Å². The van der Waals surface area contributed by atoms with Crippen LogP contribution in [0.25, 0.3) is 5.00 Å². The van der Waals surface area contributed by atoms with Crippen LogP contribution in [0.15, 0.2) is 71.8 Å². The summed E-state index contributed by atoms with van der Waals surface area (Å²) in [6.45, 7) is 0.484. The summed E-state index contributed by atoms with van der Waals surface area (Å²) in [6.07, 6.45) is 8.64. The molecule has 0 saturated heterocycles. The Morgan fingerprint density at radius 2 is 1.91 bits per heavy atom. The van der Waals surface area contributed by atoms with Crippen molar-refractivity contribution in [2.45, 2.75) is 43.2 Å². The molecule has 1 aliphatic heterocycles. The fourth-order valence-corrected chi connectivity index (χ4v) is 7.17. The Morgan fingerprint density at radius 3 is 2.77 bits per heavy atom. The molecule has 2 aromatic carbocycles. The van der Waals surface area contributed by atoms with Gasteiger partial charge in [-0.05, 0) is 85.5 Å². The average Bonchev–Trinajstić information content (AvgIpc) is 3.46. The molecule has 35 heavy (non-hydrogen) atoms. The molecule has 0 fully saturated rings. The van der Waals surface area contributed by atoms with Gasteiger partial charge in [0.2, 0.25) is 0 Å². The predicted octanol–water partition coefficient (Wildman–Crippen LogP) is 7.42. The minimum atomic E-state index is -0.414. The standard InChI is InChI=1S/C28H26FN3OS2/c1-34-21-10-5-9-20(16-21)30-28(33)32-17-23-22-11-2-3-13-25(22)35-27(23)31-14-6-12-24(31)26(32)18-7-4-8-19(29)15-18/h4-10,12,14-16,26H,2-3,11,13,17H2,1H3,(H,30,33)/t26-/m1/s1. The molecule has 7 heteroatoms. The molecule has 0 unspecified atom stereocenters. The van der Waals surface area contributed by atoms with Crippen LogP contribution in [-0.4, -0.2) is 21.8 Å². The predicted molar refractivity (Wildman–Crippen MR) is 141 cm³/mol. The molecule has 2 aromatic heterocycles. The summed E-state index contributed by atoms with van der Waals surface area (Å²) in [5, 5.41) is 4.32. The van der Waals surface area contributed by atoms with Gasteiger partial charge in [-0.2, -0.15) is 0 Å². The first-order valence-corrected chi connectivity index (χ1v) is 13.9. The number of amides is 2. The minimum absolute atomic E-state index is 0.186. The number of rotatable bonds is 3. The third kappa shape index (κ3) is 4.06. The summed E-state index contributed by atoms with van der Waals surface area (Å²) < 4.78 is 16.6. The number of fused-ring (bicyclic) bond motifs is 5. The summed E-state index contributed by atoms with van der Waals surface area (Å²) in [4.78, 5) is 18.3. The number of aromatic nitrogens is 1. The second-order valence-electron chi connectivity index (χ2n) is 9.05. The number of thioether (sulfide) groups is 1. The molecule has 0 radical (unpaired) electrons. The first-order chi connectivity index (χ1) is 17.1. The quantitative estimate of drug-likeness (QED) is 0.296. The molecule has 1 aliphatic carbocycles. The van der Waals surface area contributed by atoms with Crippen molar-refractivity contribution in [2.24, 2.45) is 0 Å². The molecule has 0 bridgehead atoms. The lowest BCUT2D eigenvalue weighted by Gasteiger charge is -2.31. The second kappa shape index (κ2) is 9.21. The SMILES string of the molecule is CSc1cccc(NC(=O)N2Cc3c(sc4c3CCCC4)-n3cccc3[C@H]2c2cccc(F)c2)c1. The zero-order valence-corrected chi connectivity index (χ0v) is 21.1. The number of hydrogen-bond acceptors (Lipinski definition) is 3. The van der Waals surface area contributed by atoms with Gasteiger partial charge < -0.3 is 14.8 Å². The lowest BCUT2D eigenvalue weighted by atomic mass is 9.95. The topological polar surface area (TPSA) is 37.3 Å². The number of nitrogens with zero attached hydrogens (tertiary/aromatic N) is 2. The molecule has 0 spiro atoms. The molecule has 6 rings (SSSR count). The van der Waals surface area contributed by atoms with E-state index in [2.05, 4.69) is 22.1 Å². The summed E-state index contributed by atoms with van der Waals surface area (Å²) >= 11 is 3.49. The number of urea groups is 1. The molecule has 2 amide bonds. The van der Waals surface area contributed by atoms with Gasteiger partial charge in [0.05, 0.1) is 18.3 Å². The highest BCUT2D eigenvalue weighted by Gasteiger charge is 2.36. The van der Waals surface area contributed by atoms with Crippen LogP contribution < -0.4 is 5.32 Å². The second-order valence-corrected chi connectivity index (χ2v) is 11.0. The van der Waals surface area contributed by atoms with Crippen molar-refractivity contribution in [3.63, 3.8) is 0 Å². The number of benzene rings is 2. The van der Waals surface area contributed by atoms with Crippen molar-refractivity contribution in [3.05, 3.63) is 99.9 Å². The fraction of sp³-hybridized carbons (Fsp3) is 0.250. The number of carbonyl (C=O) groups excluding carboxylic acids is 1.